The maximum Gasteiger partial charge on any atom is 0.247 e. The highest BCUT2D eigenvalue weighted by atomic mass is 79.9. The van der Waals surface area contributed by atoms with E-state index in [4.69, 9.17) is 0 Å². The van der Waals surface area contributed by atoms with Crippen LogP contribution in [0.4, 0.5) is 5.82 Å². The quantitative estimate of drug-likeness (QED) is 0.820. The lowest BCUT2D eigenvalue weighted by molar-refractivity contribution is -0.116. The van der Waals surface area contributed by atoms with Crippen molar-refractivity contribution in [2.75, 3.05) is 5.32 Å². The number of halogens is 1. The van der Waals surface area contributed by atoms with Gasteiger partial charge in [-0.3, -0.25) is 4.79 Å². The van der Waals surface area contributed by atoms with Crippen molar-refractivity contribution >= 4 is 27.7 Å². The molecule has 0 bridgehead atoms. The van der Waals surface area contributed by atoms with Gasteiger partial charge < -0.3 is 10.6 Å². The molecular formula is C13H15BrN6O. The van der Waals surface area contributed by atoms with E-state index in [1.54, 1.807) is 18.5 Å². The highest BCUT2D eigenvalue weighted by Gasteiger charge is 2.20. The zero-order chi connectivity index (χ0) is 14.7. The van der Waals surface area contributed by atoms with Crippen LogP contribution in [0, 0.1) is 0 Å². The normalized spacial score (nSPS) is 14.1. The number of nitrogens with one attached hydrogen (secondary N) is 2. The van der Waals surface area contributed by atoms with E-state index in [2.05, 4.69) is 41.9 Å². The van der Waals surface area contributed by atoms with Crippen LogP contribution in [0.5, 0.6) is 0 Å². The van der Waals surface area contributed by atoms with Gasteiger partial charge in [0, 0.05) is 23.3 Å². The van der Waals surface area contributed by atoms with Crippen molar-refractivity contribution in [2.45, 2.75) is 32.0 Å². The van der Waals surface area contributed by atoms with E-state index in [1.165, 1.54) is 17.5 Å². The molecule has 3 rings (SSSR count). The fourth-order valence-corrected chi connectivity index (χ4v) is 2.05. The highest BCUT2D eigenvalue weighted by Crippen LogP contribution is 2.18. The zero-order valence-corrected chi connectivity index (χ0v) is 12.9. The minimum atomic E-state index is -0.184. The van der Waals surface area contributed by atoms with Crippen LogP contribution in [0.25, 0.3) is 0 Å². The summed E-state index contributed by atoms with van der Waals surface area (Å²) in [5.74, 6) is 0.329. The van der Waals surface area contributed by atoms with Gasteiger partial charge in [-0.05, 0) is 40.9 Å². The Labute approximate surface area is 130 Å². The molecule has 1 amide bonds. The molecule has 1 aliphatic rings. The number of hydrogen-bond donors (Lipinski definition) is 2. The van der Waals surface area contributed by atoms with E-state index in [0.29, 0.717) is 18.4 Å². The van der Waals surface area contributed by atoms with Crippen LogP contribution in [-0.2, 0) is 17.9 Å². The molecule has 0 aliphatic heterocycles. The Morgan fingerprint density at radius 3 is 3.00 bits per heavy atom. The predicted octanol–water partition coefficient (Wildman–Crippen LogP) is 1.33. The van der Waals surface area contributed by atoms with Gasteiger partial charge in [0.25, 0.3) is 0 Å². The SMILES string of the molecule is O=C(Cn1cc(CNC2CC2)nn1)Nc1ccc(Br)cn1. The molecule has 1 fully saturated rings. The second kappa shape index (κ2) is 6.31. The lowest BCUT2D eigenvalue weighted by Gasteiger charge is -2.03. The third-order valence-corrected chi connectivity index (χ3v) is 3.50. The lowest BCUT2D eigenvalue weighted by Crippen LogP contribution is -2.19. The predicted molar refractivity (Wildman–Crippen MR) is 80.5 cm³/mol. The second-order valence-electron chi connectivity index (χ2n) is 4.97. The first-order chi connectivity index (χ1) is 10.2. The number of carbonyl (C=O) groups is 1. The van der Waals surface area contributed by atoms with Crippen LogP contribution in [0.1, 0.15) is 18.5 Å². The number of nitrogens with zero attached hydrogens (tertiary/aromatic N) is 4. The van der Waals surface area contributed by atoms with E-state index in [9.17, 15) is 4.79 Å². The summed E-state index contributed by atoms with van der Waals surface area (Å²) in [6.07, 6.45) is 5.88. The summed E-state index contributed by atoms with van der Waals surface area (Å²) in [6.45, 7) is 0.814. The third kappa shape index (κ3) is 4.33. The van der Waals surface area contributed by atoms with E-state index < -0.39 is 0 Å². The summed E-state index contributed by atoms with van der Waals surface area (Å²) in [7, 11) is 0. The van der Waals surface area contributed by atoms with E-state index in [-0.39, 0.29) is 12.5 Å². The Balaban J connectivity index is 1.50. The first-order valence-electron chi connectivity index (χ1n) is 6.73. The summed E-state index contributed by atoms with van der Waals surface area (Å²) in [5, 5.41) is 14.1. The van der Waals surface area contributed by atoms with Gasteiger partial charge in [-0.1, -0.05) is 5.21 Å². The number of pyridine rings is 1. The average Bonchev–Trinajstić information content (AvgIpc) is 3.19. The van der Waals surface area contributed by atoms with Gasteiger partial charge in [0.2, 0.25) is 5.91 Å². The Bertz CT molecular complexity index is 622. The van der Waals surface area contributed by atoms with Crippen molar-refractivity contribution in [3.8, 4) is 0 Å². The Kier molecular flexibility index (Phi) is 4.26. The minimum Gasteiger partial charge on any atom is -0.309 e. The van der Waals surface area contributed by atoms with Crippen molar-refractivity contribution in [3.63, 3.8) is 0 Å². The molecule has 0 radical (unpaired) electrons. The van der Waals surface area contributed by atoms with Gasteiger partial charge in [0.1, 0.15) is 12.4 Å². The van der Waals surface area contributed by atoms with Gasteiger partial charge in [0.05, 0.1) is 11.9 Å². The molecule has 1 saturated carbocycles. The highest BCUT2D eigenvalue weighted by molar-refractivity contribution is 9.10. The number of carbonyl (C=O) groups excluding carboxylic acids is 1. The molecule has 2 heterocycles. The maximum absolute atomic E-state index is 11.9. The van der Waals surface area contributed by atoms with Crippen LogP contribution in [0.3, 0.4) is 0 Å². The molecule has 2 aromatic rings. The Hall–Kier alpha value is -1.80. The minimum absolute atomic E-state index is 0.119. The molecule has 110 valence electrons. The van der Waals surface area contributed by atoms with Crippen molar-refractivity contribution in [1.29, 1.82) is 0 Å². The summed E-state index contributed by atoms with van der Waals surface area (Å²) in [4.78, 5) is 16.0. The molecule has 0 unspecified atom stereocenters. The van der Waals surface area contributed by atoms with E-state index >= 15 is 0 Å². The third-order valence-electron chi connectivity index (χ3n) is 3.04. The Morgan fingerprint density at radius 2 is 2.29 bits per heavy atom. The molecule has 2 N–H and O–H groups in total. The molecule has 0 spiro atoms. The van der Waals surface area contributed by atoms with E-state index in [1.807, 2.05) is 6.07 Å². The van der Waals surface area contributed by atoms with Crippen molar-refractivity contribution in [2.24, 2.45) is 0 Å². The number of amides is 1. The fourth-order valence-electron chi connectivity index (χ4n) is 1.81. The smallest absolute Gasteiger partial charge is 0.247 e. The average molecular weight is 351 g/mol. The number of hydrogen-bond acceptors (Lipinski definition) is 5. The summed E-state index contributed by atoms with van der Waals surface area (Å²) in [6, 6.07) is 4.18. The molecule has 7 nitrogen and oxygen atoms in total. The molecule has 21 heavy (non-hydrogen) atoms. The van der Waals surface area contributed by atoms with Crippen LogP contribution < -0.4 is 10.6 Å². The zero-order valence-electron chi connectivity index (χ0n) is 11.3. The van der Waals surface area contributed by atoms with Crippen LogP contribution in [-0.4, -0.2) is 31.9 Å². The van der Waals surface area contributed by atoms with Gasteiger partial charge in [-0.2, -0.15) is 0 Å². The summed E-state index contributed by atoms with van der Waals surface area (Å²) in [5.41, 5.74) is 0.844. The van der Waals surface area contributed by atoms with Crippen LogP contribution in [0.15, 0.2) is 29.0 Å². The number of anilines is 1. The van der Waals surface area contributed by atoms with Crippen molar-refractivity contribution in [1.82, 2.24) is 25.3 Å². The monoisotopic (exact) mass is 350 g/mol. The molecule has 0 aromatic carbocycles. The lowest BCUT2D eigenvalue weighted by atomic mass is 10.4. The largest absolute Gasteiger partial charge is 0.309 e. The first-order valence-corrected chi connectivity index (χ1v) is 7.52. The molecule has 0 atom stereocenters. The maximum atomic E-state index is 11.9. The molecule has 1 aliphatic carbocycles. The Morgan fingerprint density at radius 1 is 1.43 bits per heavy atom. The van der Waals surface area contributed by atoms with Crippen LogP contribution in [0.2, 0.25) is 0 Å². The first kappa shape index (κ1) is 14.2. The molecular weight excluding hydrogens is 336 g/mol. The number of aromatic nitrogens is 4. The summed E-state index contributed by atoms with van der Waals surface area (Å²) < 4.78 is 2.39. The second-order valence-corrected chi connectivity index (χ2v) is 5.89. The fraction of sp³-hybridized carbons (Fsp3) is 0.385. The molecule has 8 heteroatoms. The van der Waals surface area contributed by atoms with Gasteiger partial charge in [-0.25, -0.2) is 9.67 Å². The van der Waals surface area contributed by atoms with E-state index in [0.717, 1.165) is 10.2 Å². The standard InChI is InChI=1S/C13H15BrN6O/c14-9-1-4-12(16-5-9)17-13(21)8-20-7-11(18-19-20)6-15-10-2-3-10/h1,4-5,7,10,15H,2-3,6,8H2,(H,16,17,21). The van der Waals surface area contributed by atoms with Gasteiger partial charge in [-0.15, -0.1) is 5.10 Å². The van der Waals surface area contributed by atoms with Crippen molar-refractivity contribution in [3.05, 3.63) is 34.7 Å². The van der Waals surface area contributed by atoms with Gasteiger partial charge >= 0.3 is 0 Å². The number of rotatable bonds is 6. The van der Waals surface area contributed by atoms with Gasteiger partial charge in [0.15, 0.2) is 0 Å². The van der Waals surface area contributed by atoms with Crippen LogP contribution >= 0.6 is 15.9 Å². The molecule has 2 aromatic heterocycles. The molecule has 0 saturated heterocycles. The summed E-state index contributed by atoms with van der Waals surface area (Å²) >= 11 is 3.29. The topological polar surface area (TPSA) is 84.7 Å². The van der Waals surface area contributed by atoms with Crippen molar-refractivity contribution < 1.29 is 4.79 Å².